The van der Waals surface area contributed by atoms with E-state index >= 15 is 0 Å². The van der Waals surface area contributed by atoms with Crippen molar-refractivity contribution in [2.45, 2.75) is 51.5 Å². The van der Waals surface area contributed by atoms with Crippen molar-refractivity contribution < 1.29 is 4.79 Å². The summed E-state index contributed by atoms with van der Waals surface area (Å²) in [5.74, 6) is 1.04. The number of carbonyl (C=O) groups is 1. The molecule has 0 bridgehead atoms. The molecule has 186 valence electrons. The molecule has 7 nitrogen and oxygen atoms in total. The number of amides is 1. The van der Waals surface area contributed by atoms with Crippen LogP contribution in [0.4, 0.5) is 5.69 Å². The fourth-order valence-corrected chi connectivity index (χ4v) is 6.63. The Bertz CT molecular complexity index is 1250. The second-order valence-electron chi connectivity index (χ2n) is 10.9. The van der Waals surface area contributed by atoms with Gasteiger partial charge in [-0.25, -0.2) is 4.98 Å². The molecular formula is C29H34N6O. The SMILES string of the molecule is Cc1cc(N2N=C3c4ccc(C(=O)N5CCN(C)CC5)nc4CCC3C2C2CCCC2)ccc1C#N. The molecule has 7 heteroatoms. The molecule has 2 aromatic rings. The van der Waals surface area contributed by atoms with Crippen molar-refractivity contribution in [3.63, 3.8) is 0 Å². The van der Waals surface area contributed by atoms with Crippen molar-refractivity contribution in [2.24, 2.45) is 16.9 Å². The van der Waals surface area contributed by atoms with Crippen LogP contribution in [0.25, 0.3) is 0 Å². The van der Waals surface area contributed by atoms with Crippen LogP contribution in [0, 0.1) is 30.1 Å². The van der Waals surface area contributed by atoms with E-state index in [4.69, 9.17) is 10.1 Å². The number of nitriles is 1. The second-order valence-corrected chi connectivity index (χ2v) is 10.9. The number of aromatic nitrogens is 1. The molecule has 1 saturated heterocycles. The Morgan fingerprint density at radius 3 is 2.56 bits per heavy atom. The molecule has 0 N–H and O–H groups in total. The summed E-state index contributed by atoms with van der Waals surface area (Å²) in [6, 6.07) is 12.7. The van der Waals surface area contributed by atoms with E-state index in [0.29, 0.717) is 29.1 Å². The number of hydrogen-bond acceptors (Lipinski definition) is 6. The van der Waals surface area contributed by atoms with E-state index < -0.39 is 0 Å². The fraction of sp³-hybridized carbons (Fsp3) is 0.517. The molecule has 4 aliphatic rings. The van der Waals surface area contributed by atoms with E-state index in [2.05, 4.69) is 35.2 Å². The molecule has 1 aromatic carbocycles. The summed E-state index contributed by atoms with van der Waals surface area (Å²) in [7, 11) is 2.10. The molecule has 2 fully saturated rings. The van der Waals surface area contributed by atoms with Crippen LogP contribution in [0.1, 0.15) is 65.0 Å². The van der Waals surface area contributed by atoms with Gasteiger partial charge >= 0.3 is 0 Å². The molecule has 2 atom stereocenters. The molecule has 1 saturated carbocycles. The van der Waals surface area contributed by atoms with Gasteiger partial charge in [-0.3, -0.25) is 9.80 Å². The van der Waals surface area contributed by atoms with Crippen molar-refractivity contribution in [1.29, 1.82) is 5.26 Å². The Hall–Kier alpha value is -3.24. The molecule has 0 spiro atoms. The first-order valence-electron chi connectivity index (χ1n) is 13.4. The second kappa shape index (κ2) is 9.33. The van der Waals surface area contributed by atoms with Crippen LogP contribution in [0.15, 0.2) is 35.4 Å². The summed E-state index contributed by atoms with van der Waals surface area (Å²) in [6.07, 6.45) is 6.97. The summed E-state index contributed by atoms with van der Waals surface area (Å²) in [5, 5.41) is 16.9. The minimum Gasteiger partial charge on any atom is -0.335 e. The average Bonchev–Trinajstić information content (AvgIpc) is 3.56. The monoisotopic (exact) mass is 482 g/mol. The number of carbonyl (C=O) groups excluding carboxylic acids is 1. The molecule has 0 radical (unpaired) electrons. The number of piperazine rings is 1. The maximum absolute atomic E-state index is 13.2. The topological polar surface area (TPSA) is 75.8 Å². The number of pyridine rings is 1. The van der Waals surface area contributed by atoms with Crippen molar-refractivity contribution in [3.8, 4) is 6.07 Å². The Balaban J connectivity index is 1.33. The van der Waals surface area contributed by atoms with E-state index in [1.165, 1.54) is 25.7 Å². The van der Waals surface area contributed by atoms with Gasteiger partial charge in [0.25, 0.3) is 5.91 Å². The summed E-state index contributed by atoms with van der Waals surface area (Å²) in [5.41, 5.74) is 6.58. The first-order valence-corrected chi connectivity index (χ1v) is 13.4. The number of anilines is 1. The van der Waals surface area contributed by atoms with Crippen molar-refractivity contribution in [2.75, 3.05) is 38.2 Å². The zero-order valence-corrected chi connectivity index (χ0v) is 21.3. The molecule has 2 unspecified atom stereocenters. The highest BCUT2D eigenvalue weighted by Gasteiger charge is 2.46. The fourth-order valence-electron chi connectivity index (χ4n) is 6.63. The van der Waals surface area contributed by atoms with Crippen molar-refractivity contribution in [1.82, 2.24) is 14.8 Å². The van der Waals surface area contributed by atoms with Crippen LogP contribution < -0.4 is 5.01 Å². The molecule has 2 aliphatic heterocycles. The van der Waals surface area contributed by atoms with Crippen LogP contribution in [-0.2, 0) is 6.42 Å². The highest BCUT2D eigenvalue weighted by Crippen LogP contribution is 2.44. The van der Waals surface area contributed by atoms with Gasteiger partial charge in [0.15, 0.2) is 0 Å². The molecule has 1 aromatic heterocycles. The first kappa shape index (κ1) is 23.2. The van der Waals surface area contributed by atoms with E-state index in [-0.39, 0.29) is 5.91 Å². The smallest absolute Gasteiger partial charge is 0.272 e. The maximum Gasteiger partial charge on any atom is 0.272 e. The van der Waals surface area contributed by atoms with Gasteiger partial charge in [0.05, 0.1) is 34.8 Å². The Kier molecular flexibility index (Phi) is 6.00. The summed E-state index contributed by atoms with van der Waals surface area (Å²) < 4.78 is 0. The lowest BCUT2D eigenvalue weighted by molar-refractivity contribution is 0.0658. The van der Waals surface area contributed by atoms with Gasteiger partial charge in [0, 0.05) is 37.7 Å². The zero-order valence-electron chi connectivity index (χ0n) is 21.3. The number of nitrogens with zero attached hydrogens (tertiary/aromatic N) is 6. The summed E-state index contributed by atoms with van der Waals surface area (Å²) >= 11 is 0. The first-order chi connectivity index (χ1) is 17.5. The van der Waals surface area contributed by atoms with Gasteiger partial charge in [-0.1, -0.05) is 12.8 Å². The summed E-state index contributed by atoms with van der Waals surface area (Å²) in [4.78, 5) is 22.2. The number of likely N-dealkylation sites (N-methyl/N-ethyl adjacent to an activating group) is 1. The number of fused-ring (bicyclic) bond motifs is 3. The van der Waals surface area contributed by atoms with Gasteiger partial charge in [-0.15, -0.1) is 0 Å². The highest BCUT2D eigenvalue weighted by molar-refractivity contribution is 6.07. The quantitative estimate of drug-likeness (QED) is 0.661. The predicted octanol–water partition coefficient (Wildman–Crippen LogP) is 3.99. The van der Waals surface area contributed by atoms with Gasteiger partial charge in [0.2, 0.25) is 0 Å². The van der Waals surface area contributed by atoms with Crippen molar-refractivity contribution >= 4 is 17.3 Å². The molecule has 36 heavy (non-hydrogen) atoms. The molecule has 2 aliphatic carbocycles. The lowest BCUT2D eigenvalue weighted by Crippen LogP contribution is -2.47. The van der Waals surface area contributed by atoms with Crippen molar-refractivity contribution in [3.05, 3.63) is 58.4 Å². The van der Waals surface area contributed by atoms with Gasteiger partial charge in [0.1, 0.15) is 5.69 Å². The van der Waals surface area contributed by atoms with E-state index in [9.17, 15) is 10.1 Å². The molecular weight excluding hydrogens is 448 g/mol. The third-order valence-corrected chi connectivity index (χ3v) is 8.69. The normalized spacial score (nSPS) is 24.3. The van der Waals surface area contributed by atoms with Crippen LogP contribution in [0.5, 0.6) is 0 Å². The summed E-state index contributed by atoms with van der Waals surface area (Å²) in [6.45, 7) is 5.32. The Morgan fingerprint density at radius 2 is 1.83 bits per heavy atom. The minimum atomic E-state index is 0.0416. The number of benzene rings is 1. The molecule has 1 amide bonds. The van der Waals surface area contributed by atoms with Gasteiger partial charge < -0.3 is 9.80 Å². The molecule has 6 rings (SSSR count). The Labute approximate surface area is 213 Å². The lowest BCUT2D eigenvalue weighted by Gasteiger charge is -2.34. The van der Waals surface area contributed by atoms with E-state index in [1.807, 2.05) is 30.0 Å². The standard InChI is InChI=1S/C29H34N6O/c1-19-17-22(8-7-21(19)18-30)35-28(20-5-3-4-6-20)24-10-11-25-23(27(24)32-35)9-12-26(31-25)29(36)34-15-13-33(2)14-16-34/h7-9,12,17,20,24,28H,3-6,10-11,13-16H2,1-2H3. The third-order valence-electron chi connectivity index (χ3n) is 8.69. The van der Waals surface area contributed by atoms with Gasteiger partial charge in [-0.2, -0.15) is 10.4 Å². The zero-order chi connectivity index (χ0) is 24.8. The van der Waals surface area contributed by atoms with Crippen LogP contribution in [0.2, 0.25) is 0 Å². The lowest BCUT2D eigenvalue weighted by atomic mass is 9.76. The Morgan fingerprint density at radius 1 is 1.06 bits per heavy atom. The van der Waals surface area contributed by atoms with E-state index in [0.717, 1.165) is 67.2 Å². The van der Waals surface area contributed by atoms with E-state index in [1.54, 1.807) is 0 Å². The maximum atomic E-state index is 13.2. The average molecular weight is 483 g/mol. The predicted molar refractivity (Wildman–Crippen MR) is 140 cm³/mol. The van der Waals surface area contributed by atoms with Gasteiger partial charge in [-0.05, 0) is 81.5 Å². The molecule has 3 heterocycles. The number of rotatable bonds is 3. The number of hydrogen-bond donors (Lipinski definition) is 0. The number of hydrazone groups is 1. The minimum absolute atomic E-state index is 0.0416. The highest BCUT2D eigenvalue weighted by atomic mass is 16.2. The van der Waals surface area contributed by atoms with Crippen LogP contribution in [0.3, 0.4) is 0 Å². The van der Waals surface area contributed by atoms with Crippen LogP contribution in [-0.4, -0.2) is 65.7 Å². The third kappa shape index (κ3) is 3.98. The largest absolute Gasteiger partial charge is 0.335 e. The number of aryl methyl sites for hydroxylation is 2. The van der Waals surface area contributed by atoms with Crippen LogP contribution >= 0.6 is 0 Å².